The third kappa shape index (κ3) is 6.02. The summed E-state index contributed by atoms with van der Waals surface area (Å²) >= 11 is 5.73. The van der Waals surface area contributed by atoms with E-state index in [0.29, 0.717) is 54.2 Å². The van der Waals surface area contributed by atoms with Crippen LogP contribution in [0.1, 0.15) is 36.6 Å². The van der Waals surface area contributed by atoms with Crippen LogP contribution in [0.3, 0.4) is 0 Å². The minimum atomic E-state index is -0.659. The van der Waals surface area contributed by atoms with E-state index in [4.69, 9.17) is 22.1 Å². The van der Waals surface area contributed by atoms with E-state index >= 15 is 0 Å². The molecule has 2 N–H and O–H groups in total. The van der Waals surface area contributed by atoms with Gasteiger partial charge in [0, 0.05) is 36.6 Å². The van der Waals surface area contributed by atoms with Gasteiger partial charge >= 0.3 is 0 Å². The Bertz CT molecular complexity index is 1440. The molecule has 0 bridgehead atoms. The Kier molecular flexibility index (Phi) is 8.41. The third-order valence-corrected chi connectivity index (χ3v) is 6.10. The van der Waals surface area contributed by atoms with Crippen molar-refractivity contribution in [2.24, 2.45) is 15.7 Å². The largest absolute Gasteiger partial charge is 0.491 e. The number of hydrogen-bond donors (Lipinski definition) is 1. The summed E-state index contributed by atoms with van der Waals surface area (Å²) in [5.74, 6) is -0.669. The summed E-state index contributed by atoms with van der Waals surface area (Å²) in [6.07, 6.45) is 2.98. The number of nitro groups is 1. The first-order valence-electron chi connectivity index (χ1n) is 11.7. The highest BCUT2D eigenvalue weighted by Crippen LogP contribution is 2.41. The highest BCUT2D eigenvalue weighted by molar-refractivity contribution is 6.56. The smallest absolute Gasteiger partial charge is 0.273 e. The van der Waals surface area contributed by atoms with Crippen LogP contribution in [0.2, 0.25) is 0 Å². The van der Waals surface area contributed by atoms with Crippen molar-refractivity contribution < 1.29 is 18.4 Å². The number of benzene rings is 2. The summed E-state index contributed by atoms with van der Waals surface area (Å²) in [5, 5.41) is 15.5. The van der Waals surface area contributed by atoms with Crippen molar-refractivity contribution in [3.63, 3.8) is 0 Å². The minimum absolute atomic E-state index is 0.115. The van der Waals surface area contributed by atoms with Gasteiger partial charge in [0.05, 0.1) is 29.0 Å². The molecule has 10 nitrogen and oxygen atoms in total. The second-order valence-corrected chi connectivity index (χ2v) is 8.66. The number of nitro benzene ring substituents is 1. The van der Waals surface area contributed by atoms with E-state index in [1.54, 1.807) is 13.0 Å². The number of aromatic nitrogens is 3. The number of aryl methyl sites for hydroxylation is 1. The quantitative estimate of drug-likeness (QED) is 0.126. The van der Waals surface area contributed by atoms with Crippen molar-refractivity contribution >= 4 is 28.8 Å². The number of amidine groups is 1. The number of ether oxygens (including phenoxy) is 1. The Morgan fingerprint density at radius 1 is 1.34 bits per heavy atom. The van der Waals surface area contributed by atoms with Crippen LogP contribution in [0, 0.1) is 28.7 Å². The molecule has 1 aliphatic carbocycles. The molecule has 38 heavy (non-hydrogen) atoms. The first-order chi connectivity index (χ1) is 18.3. The number of allylic oxidation sites excluding steroid dienone is 1. The van der Waals surface area contributed by atoms with E-state index in [-0.39, 0.29) is 23.9 Å². The van der Waals surface area contributed by atoms with Gasteiger partial charge in [-0.3, -0.25) is 15.1 Å². The van der Waals surface area contributed by atoms with E-state index < -0.39 is 22.5 Å². The van der Waals surface area contributed by atoms with Crippen molar-refractivity contribution in [2.75, 3.05) is 13.2 Å². The molecule has 4 rings (SSSR count). The Morgan fingerprint density at radius 2 is 2.16 bits per heavy atom. The first kappa shape index (κ1) is 26.9. The maximum absolute atomic E-state index is 14.4. The highest BCUT2D eigenvalue weighted by Gasteiger charge is 2.30. The predicted octanol–water partition coefficient (Wildman–Crippen LogP) is 4.99. The lowest BCUT2D eigenvalue weighted by Crippen LogP contribution is -2.16. The Labute approximate surface area is 221 Å². The summed E-state index contributed by atoms with van der Waals surface area (Å²) in [4.78, 5) is 23.4. The lowest BCUT2D eigenvalue weighted by molar-refractivity contribution is -0.384. The van der Waals surface area contributed by atoms with E-state index in [2.05, 4.69) is 20.1 Å². The second-order valence-electron chi connectivity index (χ2n) is 8.46. The molecule has 1 aromatic heterocycles. The molecule has 3 aromatic rings. The van der Waals surface area contributed by atoms with Crippen molar-refractivity contribution in [2.45, 2.75) is 32.1 Å². The highest BCUT2D eigenvalue weighted by atomic mass is 35.5. The average molecular weight is 544 g/mol. The van der Waals surface area contributed by atoms with Gasteiger partial charge in [-0.1, -0.05) is 17.7 Å². The number of rotatable bonds is 10. The second kappa shape index (κ2) is 11.9. The SMILES string of the molecule is Cc1ncn(-c2ccc([N+](=O)[O-])cc2OCCCN=C(N)C2=C(N=CCl)C(c3ccc(F)cc3F)CC2)n1. The number of nitrogens with zero attached hydrogens (tertiary/aromatic N) is 6. The van der Waals surface area contributed by atoms with Crippen molar-refractivity contribution in [3.8, 4) is 11.4 Å². The molecule has 0 aliphatic heterocycles. The monoisotopic (exact) mass is 543 g/mol. The molecule has 0 spiro atoms. The molecule has 13 heteroatoms. The van der Waals surface area contributed by atoms with Crippen LogP contribution in [-0.2, 0) is 0 Å². The summed E-state index contributed by atoms with van der Waals surface area (Å²) in [5.41, 5.74) is 9.18. The van der Waals surface area contributed by atoms with Crippen LogP contribution < -0.4 is 10.5 Å². The van der Waals surface area contributed by atoms with Gasteiger partial charge < -0.3 is 10.5 Å². The molecular weight excluding hydrogens is 520 g/mol. The van der Waals surface area contributed by atoms with Crippen LogP contribution in [0.5, 0.6) is 5.75 Å². The Balaban J connectivity index is 1.45. The van der Waals surface area contributed by atoms with Crippen molar-refractivity contribution in [1.29, 1.82) is 0 Å². The number of nitrogens with two attached hydrogens (primary N) is 1. The molecule has 1 unspecified atom stereocenters. The minimum Gasteiger partial charge on any atom is -0.491 e. The zero-order valence-electron chi connectivity index (χ0n) is 20.4. The fourth-order valence-electron chi connectivity index (χ4n) is 4.26. The van der Waals surface area contributed by atoms with E-state index in [0.717, 1.165) is 11.7 Å². The van der Waals surface area contributed by atoms with Crippen LogP contribution in [0.4, 0.5) is 14.5 Å². The molecule has 0 fully saturated rings. The number of hydrogen-bond acceptors (Lipinski definition) is 7. The standard InChI is InChI=1S/C25H24ClF2N7O3/c1-15-32-14-34(33-15)22-8-4-17(35(36)37)12-23(22)38-10-2-9-30-25(29)20-7-6-19(24(20)31-13-26)18-5-3-16(27)11-21(18)28/h3-5,8,11-14,19H,2,6-7,9-10H2,1H3,(H2,29,30). The summed E-state index contributed by atoms with van der Waals surface area (Å²) < 4.78 is 35.1. The Hall–Kier alpha value is -4.19. The topological polar surface area (TPSA) is 134 Å². The van der Waals surface area contributed by atoms with Crippen molar-refractivity contribution in [1.82, 2.24) is 14.8 Å². The van der Waals surface area contributed by atoms with E-state index in [9.17, 15) is 18.9 Å². The predicted molar refractivity (Wildman–Crippen MR) is 139 cm³/mol. The average Bonchev–Trinajstić information content (AvgIpc) is 3.50. The maximum atomic E-state index is 14.4. The van der Waals surface area contributed by atoms with Gasteiger partial charge in [-0.2, -0.15) is 5.10 Å². The number of aliphatic imine (C=N–C) groups is 2. The van der Waals surface area contributed by atoms with Gasteiger partial charge in [0.15, 0.2) is 5.75 Å². The van der Waals surface area contributed by atoms with E-state index in [1.807, 2.05) is 0 Å². The normalized spacial score (nSPS) is 16.0. The molecule has 0 amide bonds. The summed E-state index contributed by atoms with van der Waals surface area (Å²) in [6, 6.07) is 7.68. The van der Waals surface area contributed by atoms with Crippen LogP contribution >= 0.6 is 11.6 Å². The van der Waals surface area contributed by atoms with Crippen molar-refractivity contribution in [3.05, 3.63) is 87.1 Å². The lowest BCUT2D eigenvalue weighted by Gasteiger charge is -2.13. The van der Waals surface area contributed by atoms with Crippen LogP contribution in [0.25, 0.3) is 5.69 Å². The molecule has 0 saturated heterocycles. The lowest BCUT2D eigenvalue weighted by atomic mass is 9.96. The van der Waals surface area contributed by atoms with Gasteiger partial charge in [0.25, 0.3) is 5.69 Å². The molecule has 0 radical (unpaired) electrons. The molecular formula is C25H24ClF2N7O3. The van der Waals surface area contributed by atoms with E-state index in [1.165, 1.54) is 35.3 Å². The fourth-order valence-corrected chi connectivity index (χ4v) is 4.36. The molecule has 198 valence electrons. The zero-order chi connectivity index (χ0) is 27.2. The van der Waals surface area contributed by atoms with Gasteiger partial charge in [0.2, 0.25) is 0 Å². The van der Waals surface area contributed by atoms with Gasteiger partial charge in [-0.05, 0) is 37.5 Å². The zero-order valence-corrected chi connectivity index (χ0v) is 21.1. The van der Waals surface area contributed by atoms with Crippen LogP contribution in [0.15, 0.2) is 64.0 Å². The molecule has 1 heterocycles. The summed E-state index contributed by atoms with van der Waals surface area (Å²) in [6.45, 7) is 2.23. The molecule has 0 saturated carbocycles. The summed E-state index contributed by atoms with van der Waals surface area (Å²) in [7, 11) is 0. The van der Waals surface area contributed by atoms with Gasteiger partial charge in [-0.25, -0.2) is 23.4 Å². The number of non-ortho nitro benzene ring substituents is 1. The first-order valence-corrected chi connectivity index (χ1v) is 12.1. The molecule has 1 aliphatic rings. The molecule has 1 atom stereocenters. The van der Waals surface area contributed by atoms with Gasteiger partial charge in [0.1, 0.15) is 35.3 Å². The van der Waals surface area contributed by atoms with Gasteiger partial charge in [-0.15, -0.1) is 0 Å². The third-order valence-electron chi connectivity index (χ3n) is 6.01. The maximum Gasteiger partial charge on any atom is 0.273 e. The Morgan fingerprint density at radius 3 is 2.84 bits per heavy atom. The number of halogens is 3. The fraction of sp³-hybridized carbons (Fsp3) is 0.280. The van der Waals surface area contributed by atoms with Crippen LogP contribution in [-0.4, -0.2) is 44.3 Å². The molecule has 2 aromatic carbocycles.